The Morgan fingerprint density at radius 1 is 0.480 bits per heavy atom. The molecule has 2 aromatic carbocycles. The summed E-state index contributed by atoms with van der Waals surface area (Å²) in [5.41, 5.74) is 2.41. The molecular formula is C40H66Cl2N4O4-2. The molecule has 0 aliphatic carbocycles. The number of rotatable bonds is 27. The SMILES string of the molecule is COc1ccccc1CN(C)CCCCCC(=O)N(C)CCCCCCCCN(C)C(=O)CCCCCN(C)Cc1ccccc1OC.[Cl-].[Cl-]. The predicted octanol–water partition coefficient (Wildman–Crippen LogP) is 1.65. The van der Waals surface area contributed by atoms with Gasteiger partial charge in [-0.15, -0.1) is 0 Å². The Hall–Kier alpha value is -2.52. The van der Waals surface area contributed by atoms with Gasteiger partial charge in [0.1, 0.15) is 11.5 Å². The number of methoxy groups -OCH3 is 2. The van der Waals surface area contributed by atoms with Gasteiger partial charge < -0.3 is 53.9 Å². The van der Waals surface area contributed by atoms with Crippen LogP contribution in [0.15, 0.2) is 48.5 Å². The fourth-order valence-electron chi connectivity index (χ4n) is 6.11. The number of hydrogen-bond acceptors (Lipinski definition) is 6. The van der Waals surface area contributed by atoms with Crippen LogP contribution in [0.5, 0.6) is 11.5 Å². The standard InChI is InChI=1S/C40H66N4O4.2ClH/c1-41(33-35-23-15-17-25-37(35)47-5)29-19-11-13-27-39(45)43(3)31-21-9-7-8-10-22-32-44(4)40(46)28-14-12-20-30-42(2)34-36-24-16-18-26-38(36)48-6;;/h15-18,23-26H,7-14,19-22,27-34H2,1-6H3;2*1H/p-2. The van der Waals surface area contributed by atoms with E-state index in [2.05, 4.69) is 48.2 Å². The van der Waals surface area contributed by atoms with Crippen LogP contribution >= 0.6 is 0 Å². The largest absolute Gasteiger partial charge is 1.00 e. The second-order valence-corrected chi connectivity index (χ2v) is 13.5. The van der Waals surface area contributed by atoms with Crippen LogP contribution in [0.4, 0.5) is 0 Å². The van der Waals surface area contributed by atoms with Crippen molar-refractivity contribution in [1.82, 2.24) is 19.6 Å². The molecule has 0 saturated heterocycles. The Kier molecular flexibility index (Phi) is 27.6. The Balaban J connectivity index is 0.0000120. The van der Waals surface area contributed by atoms with Crippen molar-refractivity contribution in [2.45, 2.75) is 103 Å². The zero-order valence-corrected chi connectivity index (χ0v) is 33.5. The molecule has 0 aromatic heterocycles. The molecule has 0 aliphatic heterocycles. The van der Waals surface area contributed by atoms with Crippen LogP contribution in [0.25, 0.3) is 0 Å². The van der Waals surface area contributed by atoms with E-state index in [1.165, 1.54) is 24.0 Å². The highest BCUT2D eigenvalue weighted by Gasteiger charge is 2.11. The van der Waals surface area contributed by atoms with Crippen molar-refractivity contribution in [1.29, 1.82) is 0 Å². The van der Waals surface area contributed by atoms with Gasteiger partial charge in [0.25, 0.3) is 0 Å². The zero-order valence-electron chi connectivity index (χ0n) is 31.9. The van der Waals surface area contributed by atoms with Gasteiger partial charge in [0.2, 0.25) is 11.8 Å². The number of hydrogen-bond donors (Lipinski definition) is 0. The number of amides is 2. The average molecular weight is 738 g/mol. The van der Waals surface area contributed by atoms with Crippen molar-refractivity contribution >= 4 is 11.8 Å². The first kappa shape index (κ1) is 47.5. The third-order valence-electron chi connectivity index (χ3n) is 9.22. The molecule has 0 spiro atoms. The number of nitrogens with zero attached hydrogens (tertiary/aromatic N) is 4. The number of carbonyl (C=O) groups is 2. The minimum Gasteiger partial charge on any atom is -1.00 e. The fraction of sp³-hybridized carbons (Fsp3) is 0.650. The van der Waals surface area contributed by atoms with E-state index in [1.54, 1.807) is 14.2 Å². The normalized spacial score (nSPS) is 10.8. The van der Waals surface area contributed by atoms with Crippen molar-refractivity contribution in [2.24, 2.45) is 0 Å². The molecule has 2 aromatic rings. The van der Waals surface area contributed by atoms with Crippen molar-refractivity contribution in [3.8, 4) is 11.5 Å². The summed E-state index contributed by atoms with van der Waals surface area (Å²) in [6, 6.07) is 16.3. The van der Waals surface area contributed by atoms with E-state index >= 15 is 0 Å². The van der Waals surface area contributed by atoms with Gasteiger partial charge in [0.05, 0.1) is 14.2 Å². The summed E-state index contributed by atoms with van der Waals surface area (Å²) in [6.45, 7) is 5.45. The molecule has 0 fully saturated rings. The first-order valence-electron chi connectivity index (χ1n) is 18.3. The van der Waals surface area contributed by atoms with E-state index in [1.807, 2.05) is 48.2 Å². The number of unbranched alkanes of at least 4 members (excludes halogenated alkanes) is 9. The van der Waals surface area contributed by atoms with Crippen LogP contribution in [0, 0.1) is 0 Å². The molecule has 286 valence electrons. The summed E-state index contributed by atoms with van der Waals surface area (Å²) in [5, 5.41) is 0. The lowest BCUT2D eigenvalue weighted by molar-refractivity contribution is -0.130. The van der Waals surface area contributed by atoms with Crippen LogP contribution in [0.3, 0.4) is 0 Å². The lowest BCUT2D eigenvalue weighted by atomic mass is 10.1. The maximum absolute atomic E-state index is 12.5. The minimum absolute atomic E-state index is 0. The monoisotopic (exact) mass is 736 g/mol. The third kappa shape index (κ3) is 20.4. The van der Waals surface area contributed by atoms with Gasteiger partial charge in [0, 0.05) is 64.2 Å². The molecule has 0 atom stereocenters. The van der Waals surface area contributed by atoms with E-state index in [-0.39, 0.29) is 36.6 Å². The second kappa shape index (κ2) is 29.1. The summed E-state index contributed by atoms with van der Waals surface area (Å²) in [7, 11) is 11.6. The molecule has 0 N–H and O–H groups in total. The van der Waals surface area contributed by atoms with Crippen molar-refractivity contribution in [3.63, 3.8) is 0 Å². The average Bonchev–Trinajstić information content (AvgIpc) is 3.09. The van der Waals surface area contributed by atoms with Crippen LogP contribution in [-0.2, 0) is 22.7 Å². The summed E-state index contributed by atoms with van der Waals surface area (Å²) in [4.78, 5) is 33.6. The van der Waals surface area contributed by atoms with E-state index < -0.39 is 0 Å². The predicted molar refractivity (Wildman–Crippen MR) is 199 cm³/mol. The van der Waals surface area contributed by atoms with Gasteiger partial charge >= 0.3 is 0 Å². The van der Waals surface area contributed by atoms with Crippen molar-refractivity contribution in [3.05, 3.63) is 59.7 Å². The minimum atomic E-state index is 0. The summed E-state index contributed by atoms with van der Waals surface area (Å²) in [5.74, 6) is 2.41. The van der Waals surface area contributed by atoms with E-state index in [0.29, 0.717) is 12.8 Å². The quantitative estimate of drug-likeness (QED) is 0.130. The molecule has 0 heterocycles. The number of benzene rings is 2. The molecule has 0 bridgehead atoms. The highest BCUT2D eigenvalue weighted by atomic mass is 35.5. The summed E-state index contributed by atoms with van der Waals surface area (Å²) < 4.78 is 10.9. The molecule has 50 heavy (non-hydrogen) atoms. The smallest absolute Gasteiger partial charge is 0.222 e. The molecular weight excluding hydrogens is 671 g/mol. The van der Waals surface area contributed by atoms with Crippen LogP contribution in [-0.4, -0.2) is 100 Å². The van der Waals surface area contributed by atoms with Gasteiger partial charge in [0.15, 0.2) is 0 Å². The van der Waals surface area contributed by atoms with Gasteiger partial charge in [-0.3, -0.25) is 9.59 Å². The lowest BCUT2D eigenvalue weighted by Crippen LogP contribution is -3.00. The molecule has 8 nitrogen and oxygen atoms in total. The number of halogens is 2. The first-order chi connectivity index (χ1) is 23.2. The number of para-hydroxylation sites is 2. The van der Waals surface area contributed by atoms with E-state index in [0.717, 1.165) is 115 Å². The maximum Gasteiger partial charge on any atom is 0.222 e. The molecule has 0 saturated carbocycles. The molecule has 10 heteroatoms. The Morgan fingerprint density at radius 2 is 0.800 bits per heavy atom. The van der Waals surface area contributed by atoms with Crippen LogP contribution < -0.4 is 34.3 Å². The molecule has 2 rings (SSSR count). The van der Waals surface area contributed by atoms with Crippen molar-refractivity contribution < 1.29 is 43.9 Å². The molecule has 0 radical (unpaired) electrons. The Labute approximate surface area is 317 Å². The number of carbonyl (C=O) groups excluding carboxylic acids is 2. The molecule has 0 unspecified atom stereocenters. The first-order valence-corrected chi connectivity index (χ1v) is 18.3. The van der Waals surface area contributed by atoms with Gasteiger partial charge in [-0.25, -0.2) is 0 Å². The van der Waals surface area contributed by atoms with Gasteiger partial charge in [-0.2, -0.15) is 0 Å². The second-order valence-electron chi connectivity index (χ2n) is 13.5. The highest BCUT2D eigenvalue weighted by molar-refractivity contribution is 5.76. The van der Waals surface area contributed by atoms with Gasteiger partial charge in [-0.05, 0) is 77.8 Å². The van der Waals surface area contributed by atoms with Gasteiger partial charge in [-0.1, -0.05) is 74.9 Å². The lowest BCUT2D eigenvalue weighted by Gasteiger charge is -2.19. The molecule has 0 aliphatic rings. The maximum atomic E-state index is 12.5. The fourth-order valence-corrected chi connectivity index (χ4v) is 6.11. The topological polar surface area (TPSA) is 65.6 Å². The zero-order chi connectivity index (χ0) is 35.0. The van der Waals surface area contributed by atoms with Crippen molar-refractivity contribution in [2.75, 3.05) is 68.6 Å². The molecule has 2 amide bonds. The Morgan fingerprint density at radius 3 is 1.18 bits per heavy atom. The summed E-state index contributed by atoms with van der Waals surface area (Å²) >= 11 is 0. The van der Waals surface area contributed by atoms with E-state index in [4.69, 9.17) is 9.47 Å². The third-order valence-corrected chi connectivity index (χ3v) is 9.22. The highest BCUT2D eigenvalue weighted by Crippen LogP contribution is 2.20. The van der Waals surface area contributed by atoms with E-state index in [9.17, 15) is 9.59 Å². The Bertz CT molecular complexity index is 1080. The van der Waals surface area contributed by atoms with Crippen LogP contribution in [0.2, 0.25) is 0 Å². The number of ether oxygens (including phenoxy) is 2. The van der Waals surface area contributed by atoms with Crippen LogP contribution in [0.1, 0.15) is 101 Å². The summed E-state index contributed by atoms with van der Waals surface area (Å²) in [6.07, 6.45) is 14.3.